The van der Waals surface area contributed by atoms with E-state index in [1.807, 2.05) is 39.8 Å². The van der Waals surface area contributed by atoms with Crippen LogP contribution in [0.15, 0.2) is 17.1 Å². The molecule has 3 N–H and O–H groups in total. The van der Waals surface area contributed by atoms with Crippen LogP contribution in [0.5, 0.6) is 17.2 Å². The van der Waals surface area contributed by atoms with Gasteiger partial charge in [0.05, 0.1) is 21.3 Å². The number of aliphatic imine (C=N–C) groups is 1. The molecule has 0 atom stereocenters. The van der Waals surface area contributed by atoms with Crippen LogP contribution >= 0.6 is 0 Å². The second kappa shape index (κ2) is 12.7. The molecule has 0 saturated carbocycles. The highest BCUT2D eigenvalue weighted by Gasteiger charge is 2.16. The number of guanidine groups is 1. The molecule has 0 aliphatic heterocycles. The average molecular weight is 425 g/mol. The second-order valence-electron chi connectivity index (χ2n) is 7.36. The van der Waals surface area contributed by atoms with Crippen LogP contribution in [0.25, 0.3) is 0 Å². The standard InChI is InChI=1S/C21H36N4O5/c1-8-22-19(24-13-14-25-20(26)30-21(2,3)4)23-12-11-15-9-10-16(27-5)18(29-7)17(15)28-6/h9-10H,8,11-14H2,1-7H3,(H,25,26)(H2,22,23,24). The SMILES string of the molecule is CCNC(=NCCc1ccc(OC)c(OC)c1OC)NCCNC(=O)OC(C)(C)C. The van der Waals surface area contributed by atoms with Gasteiger partial charge >= 0.3 is 6.09 Å². The lowest BCUT2D eigenvalue weighted by Gasteiger charge is -2.20. The van der Waals surface area contributed by atoms with Gasteiger partial charge in [-0.3, -0.25) is 4.99 Å². The van der Waals surface area contributed by atoms with Gasteiger partial charge in [0.2, 0.25) is 5.75 Å². The highest BCUT2D eigenvalue weighted by Crippen LogP contribution is 2.39. The van der Waals surface area contributed by atoms with E-state index in [0.717, 1.165) is 12.1 Å². The first-order chi connectivity index (χ1) is 14.3. The number of alkyl carbamates (subject to hydrolysis) is 1. The largest absolute Gasteiger partial charge is 0.493 e. The van der Waals surface area contributed by atoms with Crippen molar-refractivity contribution in [2.24, 2.45) is 4.99 Å². The van der Waals surface area contributed by atoms with Crippen molar-refractivity contribution in [3.8, 4) is 17.2 Å². The van der Waals surface area contributed by atoms with E-state index in [4.69, 9.17) is 18.9 Å². The Morgan fingerprint density at radius 1 is 0.967 bits per heavy atom. The summed E-state index contributed by atoms with van der Waals surface area (Å²) in [4.78, 5) is 16.3. The van der Waals surface area contributed by atoms with Gasteiger partial charge in [-0.2, -0.15) is 0 Å². The van der Waals surface area contributed by atoms with Gasteiger partial charge in [0.1, 0.15) is 5.60 Å². The molecule has 0 unspecified atom stereocenters. The van der Waals surface area contributed by atoms with E-state index >= 15 is 0 Å². The van der Waals surface area contributed by atoms with Gasteiger partial charge in [-0.15, -0.1) is 0 Å². The Bertz CT molecular complexity index is 701. The molecule has 1 amide bonds. The average Bonchev–Trinajstić information content (AvgIpc) is 2.69. The van der Waals surface area contributed by atoms with Crippen LogP contribution in [-0.2, 0) is 11.2 Å². The van der Waals surface area contributed by atoms with Gasteiger partial charge in [-0.25, -0.2) is 4.79 Å². The molecule has 1 rings (SSSR count). The van der Waals surface area contributed by atoms with Crippen LogP contribution in [0.3, 0.4) is 0 Å². The van der Waals surface area contributed by atoms with Gasteiger partial charge in [0.15, 0.2) is 17.5 Å². The van der Waals surface area contributed by atoms with E-state index in [9.17, 15) is 4.79 Å². The summed E-state index contributed by atoms with van der Waals surface area (Å²) >= 11 is 0. The van der Waals surface area contributed by atoms with Crippen molar-refractivity contribution in [1.29, 1.82) is 0 Å². The fraction of sp³-hybridized carbons (Fsp3) is 0.619. The van der Waals surface area contributed by atoms with Gasteiger partial charge in [0.25, 0.3) is 0 Å². The molecule has 9 heteroatoms. The van der Waals surface area contributed by atoms with Crippen LogP contribution in [-0.4, -0.2) is 65.2 Å². The molecule has 30 heavy (non-hydrogen) atoms. The number of nitrogens with one attached hydrogen (secondary N) is 3. The van der Waals surface area contributed by atoms with Crippen LogP contribution in [0, 0.1) is 0 Å². The third kappa shape index (κ3) is 8.67. The summed E-state index contributed by atoms with van der Waals surface area (Å²) in [6.07, 6.45) is 0.225. The highest BCUT2D eigenvalue weighted by atomic mass is 16.6. The number of nitrogens with zero attached hydrogens (tertiary/aromatic N) is 1. The van der Waals surface area contributed by atoms with E-state index < -0.39 is 11.7 Å². The Morgan fingerprint density at radius 2 is 1.63 bits per heavy atom. The van der Waals surface area contributed by atoms with Crippen molar-refractivity contribution in [2.45, 2.75) is 39.7 Å². The van der Waals surface area contributed by atoms with Crippen molar-refractivity contribution in [3.05, 3.63) is 17.7 Å². The fourth-order valence-corrected chi connectivity index (χ4v) is 2.65. The van der Waals surface area contributed by atoms with Crippen LogP contribution < -0.4 is 30.2 Å². The van der Waals surface area contributed by atoms with E-state index in [-0.39, 0.29) is 0 Å². The number of methoxy groups -OCH3 is 3. The summed E-state index contributed by atoms with van der Waals surface area (Å²) in [5, 5.41) is 9.08. The van der Waals surface area contributed by atoms with E-state index in [2.05, 4.69) is 20.9 Å². The monoisotopic (exact) mass is 424 g/mol. The second-order valence-corrected chi connectivity index (χ2v) is 7.36. The van der Waals surface area contributed by atoms with Crippen molar-refractivity contribution in [1.82, 2.24) is 16.0 Å². The predicted molar refractivity (Wildman–Crippen MR) is 118 cm³/mol. The summed E-state index contributed by atoms with van der Waals surface area (Å²) in [5.41, 5.74) is 0.459. The smallest absolute Gasteiger partial charge is 0.407 e. The number of amides is 1. The van der Waals surface area contributed by atoms with Crippen molar-refractivity contribution in [3.63, 3.8) is 0 Å². The maximum atomic E-state index is 11.7. The zero-order chi connectivity index (χ0) is 22.6. The minimum Gasteiger partial charge on any atom is -0.493 e. The molecule has 0 radical (unpaired) electrons. The lowest BCUT2D eigenvalue weighted by Crippen LogP contribution is -2.42. The number of ether oxygens (including phenoxy) is 4. The zero-order valence-electron chi connectivity index (χ0n) is 19.2. The fourth-order valence-electron chi connectivity index (χ4n) is 2.65. The summed E-state index contributed by atoms with van der Waals surface area (Å²) in [5.74, 6) is 2.50. The van der Waals surface area contributed by atoms with Crippen molar-refractivity contribution in [2.75, 3.05) is 47.5 Å². The zero-order valence-corrected chi connectivity index (χ0v) is 19.2. The maximum Gasteiger partial charge on any atom is 0.407 e. The quantitative estimate of drug-likeness (QED) is 0.301. The van der Waals surface area contributed by atoms with Crippen molar-refractivity contribution >= 4 is 12.1 Å². The lowest BCUT2D eigenvalue weighted by atomic mass is 10.1. The molecular weight excluding hydrogens is 388 g/mol. The topological polar surface area (TPSA) is 102 Å². The molecule has 0 aliphatic rings. The minimum atomic E-state index is -0.515. The Balaban J connectivity index is 2.62. The number of rotatable bonds is 10. The van der Waals surface area contributed by atoms with Gasteiger partial charge < -0.3 is 34.9 Å². The van der Waals surface area contributed by atoms with E-state index in [1.54, 1.807) is 21.3 Å². The van der Waals surface area contributed by atoms with Gasteiger partial charge in [-0.05, 0) is 40.2 Å². The first-order valence-corrected chi connectivity index (χ1v) is 10.0. The Kier molecular flexibility index (Phi) is 10.6. The van der Waals surface area contributed by atoms with Gasteiger partial charge in [0, 0.05) is 31.7 Å². The molecule has 0 spiro atoms. The third-order valence-electron chi connectivity index (χ3n) is 3.87. The van der Waals surface area contributed by atoms with Crippen LogP contribution in [0.2, 0.25) is 0 Å². The molecule has 9 nitrogen and oxygen atoms in total. The molecule has 0 fully saturated rings. The Hall–Kier alpha value is -2.84. The highest BCUT2D eigenvalue weighted by molar-refractivity contribution is 5.79. The summed E-state index contributed by atoms with van der Waals surface area (Å²) < 4.78 is 21.5. The maximum absolute atomic E-state index is 11.7. The Morgan fingerprint density at radius 3 is 2.20 bits per heavy atom. The molecule has 0 saturated heterocycles. The van der Waals surface area contributed by atoms with Gasteiger partial charge in [-0.1, -0.05) is 6.07 Å². The van der Waals surface area contributed by atoms with E-state index in [0.29, 0.717) is 49.3 Å². The Labute approximate surface area is 179 Å². The summed E-state index contributed by atoms with van der Waals surface area (Å²) in [7, 11) is 4.78. The molecule has 0 bridgehead atoms. The molecule has 0 heterocycles. The summed E-state index contributed by atoms with van der Waals surface area (Å²) in [6.45, 7) is 9.68. The molecular formula is C21H36N4O5. The molecule has 1 aromatic rings. The number of hydrogen-bond donors (Lipinski definition) is 3. The van der Waals surface area contributed by atoms with Crippen molar-refractivity contribution < 1.29 is 23.7 Å². The normalized spacial score (nSPS) is 11.5. The number of carbonyl (C=O) groups excluding carboxylic acids is 1. The first-order valence-electron chi connectivity index (χ1n) is 10.0. The molecule has 170 valence electrons. The number of benzene rings is 1. The molecule has 1 aromatic carbocycles. The number of hydrogen-bond acceptors (Lipinski definition) is 6. The third-order valence-corrected chi connectivity index (χ3v) is 3.87. The molecule has 0 aromatic heterocycles. The molecule has 0 aliphatic carbocycles. The van der Waals surface area contributed by atoms with Crippen LogP contribution in [0.1, 0.15) is 33.3 Å². The number of carbonyl (C=O) groups is 1. The van der Waals surface area contributed by atoms with Crippen LogP contribution in [0.4, 0.5) is 4.79 Å². The minimum absolute atomic E-state index is 0.419. The first kappa shape index (κ1) is 25.2. The summed E-state index contributed by atoms with van der Waals surface area (Å²) in [6, 6.07) is 3.80. The predicted octanol–water partition coefficient (Wildman–Crippen LogP) is 2.33. The lowest BCUT2D eigenvalue weighted by molar-refractivity contribution is 0.0529. The van der Waals surface area contributed by atoms with E-state index in [1.165, 1.54) is 0 Å².